The number of carbonyl (C=O) groups is 1. The Morgan fingerprint density at radius 1 is 1.18 bits per heavy atom. The highest BCUT2D eigenvalue weighted by molar-refractivity contribution is 7.10. The number of ether oxygens (including phenoxy) is 1. The number of carbonyl (C=O) groups excluding carboxylic acids is 1. The van der Waals surface area contributed by atoms with Crippen molar-refractivity contribution in [2.45, 2.75) is 25.7 Å². The molecule has 2 N–H and O–H groups in total. The van der Waals surface area contributed by atoms with Gasteiger partial charge in [-0.3, -0.25) is 9.69 Å². The molecule has 1 aliphatic rings. The predicted octanol–water partition coefficient (Wildman–Crippen LogP) is 5.66. The Hall–Kier alpha value is -3.53. The molecule has 0 unspecified atom stereocenters. The fraction of sp³-hybridized carbons (Fsp3) is 0.391. The van der Waals surface area contributed by atoms with Gasteiger partial charge in [0.25, 0.3) is 5.91 Å². The van der Waals surface area contributed by atoms with Crippen molar-refractivity contribution < 1.29 is 40.3 Å². The maximum Gasteiger partial charge on any atom is 0.434 e. The molecule has 0 spiro atoms. The zero-order valence-electron chi connectivity index (χ0n) is 20.2. The summed E-state index contributed by atoms with van der Waals surface area (Å²) in [5.41, 5.74) is -0.591. The first kappa shape index (κ1) is 28.5. The van der Waals surface area contributed by atoms with Crippen LogP contribution in [0.25, 0.3) is 0 Å². The number of aromatic nitrogens is 3. The molecule has 1 fully saturated rings. The minimum absolute atomic E-state index is 0.00152. The summed E-state index contributed by atoms with van der Waals surface area (Å²) in [6, 6.07) is 3.62. The van der Waals surface area contributed by atoms with Crippen LogP contribution in [0.1, 0.15) is 28.2 Å². The molecule has 3 aromatic rings. The minimum atomic E-state index is -4.65. The second kappa shape index (κ2) is 11.3. The van der Waals surface area contributed by atoms with Crippen LogP contribution in [0.5, 0.6) is 5.75 Å². The maximum absolute atomic E-state index is 14.3. The maximum atomic E-state index is 14.3. The van der Waals surface area contributed by atoms with Crippen LogP contribution in [0.2, 0.25) is 0 Å². The number of aryl methyl sites for hydroxylation is 1. The molecule has 1 amide bonds. The third-order valence-corrected chi connectivity index (χ3v) is 6.56. The number of benzene rings is 1. The lowest BCUT2D eigenvalue weighted by Gasteiger charge is -2.18. The van der Waals surface area contributed by atoms with Crippen LogP contribution in [-0.2, 0) is 6.18 Å². The van der Waals surface area contributed by atoms with Gasteiger partial charge in [-0.05, 0) is 43.6 Å². The molecule has 3 heterocycles. The van der Waals surface area contributed by atoms with Gasteiger partial charge in [-0.15, -0.1) is 0 Å². The molecule has 39 heavy (non-hydrogen) atoms. The highest BCUT2D eigenvalue weighted by atomic mass is 32.1. The van der Waals surface area contributed by atoms with Crippen molar-refractivity contribution in [3.63, 3.8) is 0 Å². The Kier molecular flexibility index (Phi) is 8.25. The van der Waals surface area contributed by atoms with Crippen LogP contribution in [0.4, 0.5) is 47.2 Å². The van der Waals surface area contributed by atoms with Gasteiger partial charge in [0.05, 0.1) is 36.8 Å². The first-order valence-corrected chi connectivity index (χ1v) is 12.2. The topological polar surface area (TPSA) is 92.3 Å². The van der Waals surface area contributed by atoms with E-state index in [9.17, 15) is 35.5 Å². The number of alkyl halides is 6. The van der Waals surface area contributed by atoms with Crippen molar-refractivity contribution in [1.29, 1.82) is 0 Å². The van der Waals surface area contributed by atoms with Gasteiger partial charge in [0, 0.05) is 24.2 Å². The molecule has 1 atom stereocenters. The fourth-order valence-electron chi connectivity index (χ4n) is 3.92. The molecule has 16 heteroatoms. The van der Waals surface area contributed by atoms with E-state index in [1.165, 1.54) is 17.0 Å². The number of amides is 1. The van der Waals surface area contributed by atoms with E-state index in [1.54, 1.807) is 6.92 Å². The lowest BCUT2D eigenvalue weighted by Crippen LogP contribution is -2.32. The van der Waals surface area contributed by atoms with Crippen molar-refractivity contribution in [1.82, 2.24) is 19.2 Å². The molecule has 0 bridgehead atoms. The number of rotatable bonds is 8. The Labute approximate surface area is 221 Å². The summed E-state index contributed by atoms with van der Waals surface area (Å²) in [7, 11) is 0. The van der Waals surface area contributed by atoms with Gasteiger partial charge in [-0.1, -0.05) is 0 Å². The van der Waals surface area contributed by atoms with E-state index >= 15 is 0 Å². The smallest absolute Gasteiger partial charge is 0.434 e. The molecule has 0 radical (unpaired) electrons. The lowest BCUT2D eigenvalue weighted by atomic mass is 10.1. The third kappa shape index (κ3) is 7.53. The van der Waals surface area contributed by atoms with E-state index in [0.29, 0.717) is 18.3 Å². The summed E-state index contributed by atoms with van der Waals surface area (Å²) in [6.45, 7) is 0.963. The molecular weight excluding hydrogens is 557 g/mol. The quantitative estimate of drug-likeness (QED) is 0.334. The first-order chi connectivity index (χ1) is 18.3. The summed E-state index contributed by atoms with van der Waals surface area (Å²) in [4.78, 5) is 21.2. The molecule has 1 saturated heterocycles. The van der Waals surface area contributed by atoms with Crippen LogP contribution in [-0.4, -0.2) is 57.6 Å². The van der Waals surface area contributed by atoms with E-state index in [0.717, 1.165) is 23.8 Å². The Morgan fingerprint density at radius 2 is 1.95 bits per heavy atom. The number of halogens is 7. The van der Waals surface area contributed by atoms with E-state index in [-0.39, 0.29) is 53.4 Å². The largest absolute Gasteiger partial charge is 0.490 e. The molecular formula is C23H21F7N6O2S. The van der Waals surface area contributed by atoms with Crippen molar-refractivity contribution in [2.75, 3.05) is 36.9 Å². The number of anilines is 3. The van der Waals surface area contributed by atoms with Gasteiger partial charge in [0.2, 0.25) is 0 Å². The van der Waals surface area contributed by atoms with E-state index in [4.69, 9.17) is 4.74 Å². The van der Waals surface area contributed by atoms with Crippen molar-refractivity contribution in [3.8, 4) is 5.75 Å². The molecule has 1 aromatic carbocycles. The predicted molar refractivity (Wildman–Crippen MR) is 128 cm³/mol. The van der Waals surface area contributed by atoms with Gasteiger partial charge in [-0.2, -0.15) is 30.7 Å². The zero-order chi connectivity index (χ0) is 28.4. The normalized spacial score (nSPS) is 16.4. The van der Waals surface area contributed by atoms with Crippen LogP contribution in [0, 0.1) is 18.7 Å². The summed E-state index contributed by atoms with van der Waals surface area (Å²) >= 11 is 0.880. The molecule has 8 nitrogen and oxygen atoms in total. The lowest BCUT2D eigenvalue weighted by molar-refractivity contribution is -0.144. The van der Waals surface area contributed by atoms with Gasteiger partial charge >= 0.3 is 12.4 Å². The Balaban J connectivity index is 1.40. The average Bonchev–Trinajstić information content (AvgIpc) is 3.43. The minimum Gasteiger partial charge on any atom is -0.490 e. The van der Waals surface area contributed by atoms with Crippen LogP contribution >= 0.6 is 11.5 Å². The summed E-state index contributed by atoms with van der Waals surface area (Å²) in [6.07, 6.45) is -7.06. The van der Waals surface area contributed by atoms with Crippen LogP contribution < -0.4 is 15.4 Å². The fourth-order valence-corrected chi connectivity index (χ4v) is 4.72. The highest BCUT2D eigenvalue weighted by Gasteiger charge is 2.35. The SMILES string of the molecule is Cc1nsc(Nc2cnc(C(F)(F)F)cn2)c1C(=O)Nc1ccc(F)c(OC[C@H]2CCN(CC(F)(F)F)C2)c1. The number of nitrogens with one attached hydrogen (secondary N) is 2. The molecule has 4 rings (SSSR count). The molecule has 2 aromatic heterocycles. The molecule has 210 valence electrons. The molecule has 1 aliphatic heterocycles. The van der Waals surface area contributed by atoms with Crippen molar-refractivity contribution in [3.05, 3.63) is 53.4 Å². The number of likely N-dealkylation sites (tertiary alicyclic amines) is 1. The van der Waals surface area contributed by atoms with Crippen molar-refractivity contribution >= 4 is 33.9 Å². The van der Waals surface area contributed by atoms with E-state index in [2.05, 4.69) is 25.0 Å². The summed E-state index contributed by atoms with van der Waals surface area (Å²) in [5.74, 6) is -1.79. The number of hydrogen-bond donors (Lipinski definition) is 2. The molecule has 0 aliphatic carbocycles. The number of nitrogens with zero attached hydrogens (tertiary/aromatic N) is 4. The first-order valence-electron chi connectivity index (χ1n) is 11.4. The average molecular weight is 579 g/mol. The van der Waals surface area contributed by atoms with E-state index < -0.39 is 36.3 Å². The van der Waals surface area contributed by atoms with Crippen molar-refractivity contribution in [2.24, 2.45) is 5.92 Å². The van der Waals surface area contributed by atoms with Gasteiger partial charge in [0.15, 0.2) is 17.3 Å². The van der Waals surface area contributed by atoms with Crippen LogP contribution in [0.3, 0.4) is 0 Å². The van der Waals surface area contributed by atoms with Gasteiger partial charge in [-0.25, -0.2) is 14.4 Å². The second-order valence-corrected chi connectivity index (χ2v) is 9.57. The van der Waals surface area contributed by atoms with Gasteiger partial charge in [0.1, 0.15) is 10.8 Å². The third-order valence-electron chi connectivity index (χ3n) is 5.71. The second-order valence-electron chi connectivity index (χ2n) is 8.80. The Bertz CT molecular complexity index is 1310. The Morgan fingerprint density at radius 3 is 2.62 bits per heavy atom. The molecule has 0 saturated carbocycles. The summed E-state index contributed by atoms with van der Waals surface area (Å²) in [5, 5.41) is 5.51. The van der Waals surface area contributed by atoms with Crippen LogP contribution in [0.15, 0.2) is 30.6 Å². The summed E-state index contributed by atoms with van der Waals surface area (Å²) < 4.78 is 99.9. The monoisotopic (exact) mass is 578 g/mol. The number of hydrogen-bond acceptors (Lipinski definition) is 8. The standard InChI is InChI=1S/C23H21F7N6O2S/c1-12-19(21(39-35-12)34-18-8-31-17(7-32-18)23(28,29)30)20(37)33-14-2-3-15(24)16(6-14)38-10-13-4-5-36(9-13)11-22(25,26)27/h2-3,6-8,13H,4-5,9-11H2,1H3,(H,32,34)(H,33,37)/t13-/m0/s1. The highest BCUT2D eigenvalue weighted by Crippen LogP contribution is 2.31. The zero-order valence-corrected chi connectivity index (χ0v) is 21.0. The van der Waals surface area contributed by atoms with E-state index in [1.807, 2.05) is 0 Å². The van der Waals surface area contributed by atoms with Gasteiger partial charge < -0.3 is 15.4 Å².